The van der Waals surface area contributed by atoms with Gasteiger partial charge in [-0.15, -0.1) is 5.10 Å². The molecule has 144 valence electrons. The molecule has 2 N–H and O–H groups in total. The minimum atomic E-state index is -0.133. The zero-order valence-corrected chi connectivity index (χ0v) is 16.9. The number of aromatic nitrogens is 3. The summed E-state index contributed by atoms with van der Waals surface area (Å²) in [6.07, 6.45) is 0. The van der Waals surface area contributed by atoms with Gasteiger partial charge in [0.2, 0.25) is 5.16 Å². The van der Waals surface area contributed by atoms with Crippen LogP contribution in [0, 0.1) is 0 Å². The van der Waals surface area contributed by atoms with Gasteiger partial charge in [0.05, 0.1) is 0 Å². The van der Waals surface area contributed by atoms with E-state index in [4.69, 9.17) is 11.6 Å². The Morgan fingerprint density at radius 2 is 1.79 bits per heavy atom. The van der Waals surface area contributed by atoms with Crippen molar-refractivity contribution < 1.29 is 4.79 Å². The number of H-pyrrole nitrogens is 1. The molecule has 0 aliphatic heterocycles. The molecule has 7 heteroatoms. The minimum Gasteiger partial charge on any atom is -0.322 e. The van der Waals surface area contributed by atoms with Crippen molar-refractivity contribution in [3.63, 3.8) is 0 Å². The lowest BCUT2D eigenvalue weighted by Crippen LogP contribution is -2.11. The number of amides is 1. The lowest BCUT2D eigenvalue weighted by Gasteiger charge is -2.06. The summed E-state index contributed by atoms with van der Waals surface area (Å²) in [7, 11) is 0. The lowest BCUT2D eigenvalue weighted by atomic mass is 10.1. The number of hydrogen-bond acceptors (Lipinski definition) is 4. The molecule has 0 saturated carbocycles. The number of carbonyl (C=O) groups excluding carboxylic acids is 1. The third-order valence-electron chi connectivity index (χ3n) is 4.17. The van der Waals surface area contributed by atoms with Crippen molar-refractivity contribution in [3.05, 3.63) is 95.0 Å². The first-order valence-corrected chi connectivity index (χ1v) is 10.3. The highest BCUT2D eigenvalue weighted by atomic mass is 35.5. The summed E-state index contributed by atoms with van der Waals surface area (Å²) in [5.74, 6) is 1.22. The van der Waals surface area contributed by atoms with Crippen LogP contribution in [-0.2, 0) is 5.75 Å². The minimum absolute atomic E-state index is 0.133. The second kappa shape index (κ2) is 8.94. The second-order valence-corrected chi connectivity index (χ2v) is 7.66. The predicted octanol–water partition coefficient (Wildman–Crippen LogP) is 5.67. The van der Waals surface area contributed by atoms with Crippen molar-refractivity contribution >= 4 is 35.0 Å². The van der Waals surface area contributed by atoms with Gasteiger partial charge in [-0.3, -0.25) is 9.89 Å². The van der Waals surface area contributed by atoms with Crippen LogP contribution < -0.4 is 5.32 Å². The van der Waals surface area contributed by atoms with E-state index >= 15 is 0 Å². The van der Waals surface area contributed by atoms with Gasteiger partial charge in [-0.05, 0) is 54.1 Å². The number of nitrogens with zero attached hydrogens (tertiary/aromatic N) is 2. The predicted molar refractivity (Wildman–Crippen MR) is 117 cm³/mol. The van der Waals surface area contributed by atoms with Crippen molar-refractivity contribution in [2.45, 2.75) is 10.9 Å². The smallest absolute Gasteiger partial charge is 0.255 e. The molecular weight excluding hydrogens is 404 g/mol. The van der Waals surface area contributed by atoms with E-state index in [9.17, 15) is 4.79 Å². The van der Waals surface area contributed by atoms with E-state index in [1.165, 1.54) is 11.8 Å². The molecule has 0 unspecified atom stereocenters. The van der Waals surface area contributed by atoms with Crippen molar-refractivity contribution in [2.24, 2.45) is 0 Å². The first kappa shape index (κ1) is 19.2. The van der Waals surface area contributed by atoms with Crippen LogP contribution in [0.4, 0.5) is 5.69 Å². The number of nitrogens with one attached hydrogen (secondary N) is 2. The van der Waals surface area contributed by atoms with Crippen LogP contribution >= 0.6 is 23.4 Å². The summed E-state index contributed by atoms with van der Waals surface area (Å²) >= 11 is 7.43. The van der Waals surface area contributed by atoms with Crippen LogP contribution in [-0.4, -0.2) is 21.1 Å². The third kappa shape index (κ3) is 5.04. The summed E-state index contributed by atoms with van der Waals surface area (Å²) in [6.45, 7) is 0. The average molecular weight is 421 g/mol. The fourth-order valence-corrected chi connectivity index (χ4v) is 3.59. The molecule has 0 fully saturated rings. The van der Waals surface area contributed by atoms with E-state index in [2.05, 4.69) is 20.5 Å². The molecule has 4 aromatic rings. The Hall–Kier alpha value is -3.09. The van der Waals surface area contributed by atoms with Gasteiger partial charge in [0.25, 0.3) is 5.91 Å². The van der Waals surface area contributed by atoms with Gasteiger partial charge >= 0.3 is 0 Å². The molecule has 0 atom stereocenters. The highest BCUT2D eigenvalue weighted by Gasteiger charge is 2.09. The Kier molecular flexibility index (Phi) is 5.93. The summed E-state index contributed by atoms with van der Waals surface area (Å²) in [6, 6.07) is 24.4. The number of hydrogen-bond donors (Lipinski definition) is 2. The standard InChI is InChI=1S/C22H17ClN4OS/c23-18-11-9-16(10-12-18)20-25-22(27-26-20)29-14-15-5-4-6-17(13-15)21(28)24-19-7-2-1-3-8-19/h1-13H,14H2,(H,24,28)(H,25,26,27). The number of para-hydroxylation sites is 1. The molecule has 0 aliphatic carbocycles. The normalized spacial score (nSPS) is 10.7. The quantitative estimate of drug-likeness (QED) is 0.394. The van der Waals surface area contributed by atoms with Crippen LogP contribution in [0.25, 0.3) is 11.4 Å². The number of thioether (sulfide) groups is 1. The van der Waals surface area contributed by atoms with Gasteiger partial charge in [-0.2, -0.15) is 0 Å². The van der Waals surface area contributed by atoms with Crippen molar-refractivity contribution in [3.8, 4) is 11.4 Å². The Labute approximate surface area is 177 Å². The maximum Gasteiger partial charge on any atom is 0.255 e. The lowest BCUT2D eigenvalue weighted by molar-refractivity contribution is 0.102. The van der Waals surface area contributed by atoms with Gasteiger partial charge in [0, 0.05) is 27.6 Å². The molecule has 0 saturated heterocycles. The van der Waals surface area contributed by atoms with Gasteiger partial charge < -0.3 is 5.32 Å². The summed E-state index contributed by atoms with van der Waals surface area (Å²) in [4.78, 5) is 17.0. The molecule has 1 amide bonds. The Bertz CT molecular complexity index is 1110. The maximum atomic E-state index is 12.5. The summed E-state index contributed by atoms with van der Waals surface area (Å²) < 4.78 is 0. The van der Waals surface area contributed by atoms with Gasteiger partial charge in [-0.25, -0.2) is 4.98 Å². The fourth-order valence-electron chi connectivity index (χ4n) is 2.72. The first-order chi connectivity index (χ1) is 14.2. The summed E-state index contributed by atoms with van der Waals surface area (Å²) in [5.41, 5.74) is 3.33. The monoisotopic (exact) mass is 420 g/mol. The SMILES string of the molecule is O=C(Nc1ccccc1)c1cccc(CSc2n[nH]c(-c3ccc(Cl)cc3)n2)c1. The van der Waals surface area contributed by atoms with Crippen LogP contribution in [0.2, 0.25) is 5.02 Å². The summed E-state index contributed by atoms with van der Waals surface area (Å²) in [5, 5.41) is 11.4. The number of benzene rings is 3. The fraction of sp³-hybridized carbons (Fsp3) is 0.0455. The molecule has 4 rings (SSSR count). The van der Waals surface area contributed by atoms with E-state index in [1.807, 2.05) is 72.8 Å². The number of aromatic amines is 1. The molecule has 3 aromatic carbocycles. The molecule has 0 bridgehead atoms. The van der Waals surface area contributed by atoms with Crippen molar-refractivity contribution in [2.75, 3.05) is 5.32 Å². The molecule has 0 aliphatic rings. The second-order valence-electron chi connectivity index (χ2n) is 6.28. The molecule has 1 aromatic heterocycles. The zero-order chi connectivity index (χ0) is 20.1. The number of anilines is 1. The number of carbonyl (C=O) groups is 1. The van der Waals surface area contributed by atoms with Crippen LogP contribution in [0.3, 0.4) is 0 Å². The van der Waals surface area contributed by atoms with E-state index in [-0.39, 0.29) is 5.91 Å². The van der Waals surface area contributed by atoms with E-state index in [0.717, 1.165) is 16.8 Å². The van der Waals surface area contributed by atoms with Gasteiger partial charge in [-0.1, -0.05) is 53.7 Å². The van der Waals surface area contributed by atoms with E-state index in [0.29, 0.717) is 27.3 Å². The van der Waals surface area contributed by atoms with E-state index in [1.54, 1.807) is 6.07 Å². The molecule has 5 nitrogen and oxygen atoms in total. The molecule has 0 spiro atoms. The van der Waals surface area contributed by atoms with Gasteiger partial charge in [0.1, 0.15) is 0 Å². The highest BCUT2D eigenvalue weighted by Crippen LogP contribution is 2.24. The van der Waals surface area contributed by atoms with Crippen LogP contribution in [0.5, 0.6) is 0 Å². The Balaban J connectivity index is 1.40. The molecule has 1 heterocycles. The Morgan fingerprint density at radius 3 is 2.59 bits per heavy atom. The third-order valence-corrected chi connectivity index (χ3v) is 5.34. The maximum absolute atomic E-state index is 12.5. The van der Waals surface area contributed by atoms with Crippen molar-refractivity contribution in [1.29, 1.82) is 0 Å². The van der Waals surface area contributed by atoms with Crippen LogP contribution in [0.1, 0.15) is 15.9 Å². The Morgan fingerprint density at radius 1 is 1.00 bits per heavy atom. The van der Waals surface area contributed by atoms with Gasteiger partial charge in [0.15, 0.2) is 5.82 Å². The van der Waals surface area contributed by atoms with E-state index < -0.39 is 0 Å². The largest absolute Gasteiger partial charge is 0.322 e. The number of halogens is 1. The average Bonchev–Trinajstić information content (AvgIpc) is 3.23. The molecular formula is C22H17ClN4OS. The highest BCUT2D eigenvalue weighted by molar-refractivity contribution is 7.98. The molecule has 0 radical (unpaired) electrons. The topological polar surface area (TPSA) is 70.7 Å². The van der Waals surface area contributed by atoms with Crippen LogP contribution in [0.15, 0.2) is 84.0 Å². The first-order valence-electron chi connectivity index (χ1n) is 8.94. The molecule has 29 heavy (non-hydrogen) atoms. The van der Waals surface area contributed by atoms with Crippen molar-refractivity contribution in [1.82, 2.24) is 15.2 Å². The number of rotatable bonds is 6. The zero-order valence-electron chi connectivity index (χ0n) is 15.3.